The van der Waals surface area contributed by atoms with Gasteiger partial charge in [0.2, 0.25) is 0 Å². The molecule has 9 aromatic rings. The highest BCUT2D eigenvalue weighted by Crippen LogP contribution is 2.38. The van der Waals surface area contributed by atoms with E-state index in [0.717, 1.165) is 50.5 Å². The Morgan fingerprint density at radius 3 is 1.28 bits per heavy atom. The Hall–Kier alpha value is -6.64. The Bertz CT molecular complexity index is 2510. The van der Waals surface area contributed by atoms with Gasteiger partial charge >= 0.3 is 0 Å². The molecule has 2 nitrogen and oxygen atoms in total. The number of hydrogen-bond donors (Lipinski definition) is 0. The van der Waals surface area contributed by atoms with Crippen LogP contribution < -0.4 is 4.90 Å². The van der Waals surface area contributed by atoms with Crippen molar-refractivity contribution in [3.8, 4) is 44.7 Å². The molecule has 236 valence electrons. The molecule has 0 spiro atoms. The van der Waals surface area contributed by atoms with Gasteiger partial charge in [0.25, 0.3) is 0 Å². The molecule has 8 aromatic carbocycles. The van der Waals surface area contributed by atoms with Gasteiger partial charge in [0.1, 0.15) is 11.3 Å². The second-order valence-electron chi connectivity index (χ2n) is 12.6. The number of nitrogens with zero attached hydrogens (tertiary/aromatic N) is 1. The van der Waals surface area contributed by atoms with Gasteiger partial charge in [-0.25, -0.2) is 0 Å². The normalized spacial score (nSPS) is 11.2. The van der Waals surface area contributed by atoms with E-state index in [9.17, 15) is 0 Å². The first-order valence-electron chi connectivity index (χ1n) is 17.0. The third-order valence-electron chi connectivity index (χ3n) is 9.49. The fraction of sp³-hybridized carbons (Fsp3) is 0. The Balaban J connectivity index is 1.04. The van der Waals surface area contributed by atoms with E-state index in [-0.39, 0.29) is 0 Å². The van der Waals surface area contributed by atoms with Gasteiger partial charge in [-0.1, -0.05) is 146 Å². The van der Waals surface area contributed by atoms with Gasteiger partial charge in [-0.15, -0.1) is 0 Å². The van der Waals surface area contributed by atoms with Crippen molar-refractivity contribution < 1.29 is 4.42 Å². The minimum Gasteiger partial charge on any atom is -0.456 e. The minimum absolute atomic E-state index is 0.883. The zero-order valence-corrected chi connectivity index (χ0v) is 27.4. The molecule has 1 aromatic heterocycles. The van der Waals surface area contributed by atoms with E-state index in [2.05, 4.69) is 187 Å². The smallest absolute Gasteiger partial charge is 0.135 e. The third kappa shape index (κ3) is 5.74. The van der Waals surface area contributed by atoms with Crippen molar-refractivity contribution in [3.05, 3.63) is 200 Å². The van der Waals surface area contributed by atoms with Crippen LogP contribution in [0.25, 0.3) is 66.4 Å². The summed E-state index contributed by atoms with van der Waals surface area (Å²) in [5.74, 6) is 0.883. The molecule has 50 heavy (non-hydrogen) atoms. The molecule has 9 rings (SSSR count). The molecule has 0 radical (unpaired) electrons. The number of furan rings is 1. The quantitative estimate of drug-likeness (QED) is 0.173. The van der Waals surface area contributed by atoms with Gasteiger partial charge in [-0.3, -0.25) is 0 Å². The molecular weight excluding hydrogens is 607 g/mol. The van der Waals surface area contributed by atoms with Gasteiger partial charge < -0.3 is 9.32 Å². The zero-order chi connectivity index (χ0) is 33.3. The maximum absolute atomic E-state index is 6.10. The van der Waals surface area contributed by atoms with Crippen molar-refractivity contribution in [1.82, 2.24) is 0 Å². The van der Waals surface area contributed by atoms with Crippen molar-refractivity contribution >= 4 is 38.8 Å². The van der Waals surface area contributed by atoms with Gasteiger partial charge in [0.05, 0.1) is 0 Å². The van der Waals surface area contributed by atoms with Crippen LogP contribution in [0, 0.1) is 0 Å². The van der Waals surface area contributed by atoms with Crippen molar-refractivity contribution in [2.75, 3.05) is 4.90 Å². The molecule has 0 saturated heterocycles. The predicted octanol–water partition coefficient (Wildman–Crippen LogP) is 13.7. The van der Waals surface area contributed by atoms with Crippen LogP contribution in [0.5, 0.6) is 0 Å². The number of anilines is 3. The first kappa shape index (κ1) is 29.5. The average molecular weight is 640 g/mol. The fourth-order valence-corrected chi connectivity index (χ4v) is 6.81. The van der Waals surface area contributed by atoms with E-state index in [1.54, 1.807) is 0 Å². The fourth-order valence-electron chi connectivity index (χ4n) is 6.81. The number of fused-ring (bicyclic) bond motifs is 2. The number of rotatable bonds is 7. The molecule has 2 heteroatoms. The largest absolute Gasteiger partial charge is 0.456 e. The summed E-state index contributed by atoms with van der Waals surface area (Å²) < 4.78 is 6.10. The monoisotopic (exact) mass is 639 g/mol. The maximum Gasteiger partial charge on any atom is 0.135 e. The Labute approximate surface area is 292 Å². The van der Waals surface area contributed by atoms with Crippen molar-refractivity contribution in [2.45, 2.75) is 0 Å². The second-order valence-corrected chi connectivity index (χ2v) is 12.6. The van der Waals surface area contributed by atoms with Gasteiger partial charge in [-0.2, -0.15) is 0 Å². The van der Waals surface area contributed by atoms with Gasteiger partial charge in [0, 0.05) is 28.0 Å². The second kappa shape index (κ2) is 12.8. The standard InChI is InChI=1S/C48H33NO/c1-2-8-34(9-3-1)37-20-26-44(27-21-37)49(46-30-24-39(25-31-46)42-19-16-35-10-4-5-11-41(35)32-42)45-28-22-38(23-29-45)36-14-17-40(18-15-36)48-33-43-12-6-7-13-47(43)50-48/h1-33H. The summed E-state index contributed by atoms with van der Waals surface area (Å²) in [5.41, 5.74) is 12.4. The summed E-state index contributed by atoms with van der Waals surface area (Å²) in [6, 6.07) is 71.2. The molecule has 0 bridgehead atoms. The van der Waals surface area contributed by atoms with E-state index in [4.69, 9.17) is 4.42 Å². The SMILES string of the molecule is c1ccc(-c2ccc(N(c3ccc(-c4ccc(-c5cc6ccccc6o5)cc4)cc3)c3ccc(-c4ccc5ccccc5c4)cc3)cc2)cc1. The molecular formula is C48H33NO. The van der Waals surface area contributed by atoms with Gasteiger partial charge in [-0.05, 0) is 98.8 Å². The summed E-state index contributed by atoms with van der Waals surface area (Å²) in [6.07, 6.45) is 0. The summed E-state index contributed by atoms with van der Waals surface area (Å²) in [5, 5.41) is 3.62. The highest BCUT2D eigenvalue weighted by atomic mass is 16.3. The first-order chi connectivity index (χ1) is 24.7. The van der Waals surface area contributed by atoms with Crippen LogP contribution in [-0.4, -0.2) is 0 Å². The third-order valence-corrected chi connectivity index (χ3v) is 9.49. The molecule has 0 unspecified atom stereocenters. The lowest BCUT2D eigenvalue weighted by atomic mass is 10.0. The number of para-hydroxylation sites is 1. The van der Waals surface area contributed by atoms with E-state index >= 15 is 0 Å². The van der Waals surface area contributed by atoms with Crippen LogP contribution in [0.4, 0.5) is 17.1 Å². The van der Waals surface area contributed by atoms with Crippen LogP contribution in [0.3, 0.4) is 0 Å². The Kier molecular flexibility index (Phi) is 7.53. The lowest BCUT2D eigenvalue weighted by Crippen LogP contribution is -2.09. The van der Waals surface area contributed by atoms with E-state index in [1.165, 1.54) is 33.0 Å². The highest BCUT2D eigenvalue weighted by Gasteiger charge is 2.14. The van der Waals surface area contributed by atoms with E-state index < -0.39 is 0 Å². The maximum atomic E-state index is 6.10. The van der Waals surface area contributed by atoms with Crippen molar-refractivity contribution in [2.24, 2.45) is 0 Å². The van der Waals surface area contributed by atoms with Crippen LogP contribution in [0.15, 0.2) is 205 Å². The lowest BCUT2D eigenvalue weighted by molar-refractivity contribution is 0.631. The minimum atomic E-state index is 0.883. The van der Waals surface area contributed by atoms with Crippen LogP contribution in [0.2, 0.25) is 0 Å². The number of benzene rings is 8. The average Bonchev–Trinajstić information content (AvgIpc) is 3.64. The van der Waals surface area contributed by atoms with Crippen LogP contribution >= 0.6 is 0 Å². The number of hydrogen-bond acceptors (Lipinski definition) is 2. The Morgan fingerprint density at radius 1 is 0.280 bits per heavy atom. The van der Waals surface area contributed by atoms with Crippen LogP contribution in [-0.2, 0) is 0 Å². The van der Waals surface area contributed by atoms with Crippen molar-refractivity contribution in [1.29, 1.82) is 0 Å². The summed E-state index contributed by atoms with van der Waals surface area (Å²) in [6.45, 7) is 0. The van der Waals surface area contributed by atoms with Gasteiger partial charge in [0.15, 0.2) is 0 Å². The molecule has 0 amide bonds. The zero-order valence-electron chi connectivity index (χ0n) is 27.4. The van der Waals surface area contributed by atoms with E-state index in [0.29, 0.717) is 0 Å². The molecule has 1 heterocycles. The summed E-state index contributed by atoms with van der Waals surface area (Å²) in [4.78, 5) is 2.33. The van der Waals surface area contributed by atoms with Crippen LogP contribution in [0.1, 0.15) is 0 Å². The summed E-state index contributed by atoms with van der Waals surface area (Å²) in [7, 11) is 0. The molecule has 0 N–H and O–H groups in total. The molecule has 0 aliphatic rings. The predicted molar refractivity (Wildman–Crippen MR) is 210 cm³/mol. The lowest BCUT2D eigenvalue weighted by Gasteiger charge is -2.26. The Morgan fingerprint density at radius 2 is 0.700 bits per heavy atom. The van der Waals surface area contributed by atoms with E-state index in [1.807, 2.05) is 18.2 Å². The highest BCUT2D eigenvalue weighted by molar-refractivity contribution is 5.88. The first-order valence-corrected chi connectivity index (χ1v) is 17.0. The molecule has 0 saturated carbocycles. The molecule has 0 aliphatic heterocycles. The molecule has 0 atom stereocenters. The van der Waals surface area contributed by atoms with Crippen molar-refractivity contribution in [3.63, 3.8) is 0 Å². The molecule has 0 fully saturated rings. The summed E-state index contributed by atoms with van der Waals surface area (Å²) >= 11 is 0. The molecule has 0 aliphatic carbocycles. The topological polar surface area (TPSA) is 16.4 Å².